The van der Waals surface area contributed by atoms with Crippen molar-refractivity contribution in [2.24, 2.45) is 0 Å². The minimum atomic E-state index is -4.47. The molecular formula is C21H19NO6S. The number of nitrogens with zero attached hydrogens (tertiary/aromatic N) is 1. The van der Waals surface area contributed by atoms with E-state index >= 15 is 0 Å². The molecular weight excluding hydrogens is 394 g/mol. The molecule has 0 bridgehead atoms. The fourth-order valence-corrected chi connectivity index (χ4v) is 4.88. The number of benzene rings is 2. The van der Waals surface area contributed by atoms with Gasteiger partial charge in [0, 0.05) is 28.4 Å². The first-order valence-electron chi connectivity index (χ1n) is 9.05. The number of hydrogen-bond acceptors (Lipinski definition) is 6. The maximum absolute atomic E-state index is 12.1. The zero-order valence-electron chi connectivity index (χ0n) is 16.1. The number of hydrogen-bond donors (Lipinski definition) is 2. The Morgan fingerprint density at radius 3 is 2.28 bits per heavy atom. The Labute approximate surface area is 167 Å². The Morgan fingerprint density at radius 1 is 1.10 bits per heavy atom. The number of rotatable bonds is 3. The highest BCUT2D eigenvalue weighted by atomic mass is 32.2. The topological polar surface area (TPSA) is 112 Å². The minimum absolute atomic E-state index is 0.0522. The van der Waals surface area contributed by atoms with Crippen molar-refractivity contribution in [3.8, 4) is 5.75 Å². The molecule has 0 fully saturated rings. The normalized spacial score (nSPS) is 17.4. The molecule has 0 radical (unpaired) electrons. The number of allylic oxidation sites excluding steroid dienone is 1. The molecule has 1 aliphatic rings. The summed E-state index contributed by atoms with van der Waals surface area (Å²) in [6, 6.07) is 8.33. The summed E-state index contributed by atoms with van der Waals surface area (Å²) < 4.78 is 33.9. The molecule has 0 spiro atoms. The van der Waals surface area contributed by atoms with Crippen LogP contribution in [0, 0.1) is 0 Å². The molecule has 0 saturated heterocycles. The van der Waals surface area contributed by atoms with Crippen molar-refractivity contribution in [2.75, 3.05) is 11.4 Å². The molecule has 2 N–H and O–H groups in total. The van der Waals surface area contributed by atoms with Crippen molar-refractivity contribution in [3.63, 3.8) is 0 Å². The third kappa shape index (κ3) is 2.56. The summed E-state index contributed by atoms with van der Waals surface area (Å²) in [5.74, 6) is -0.561. The minimum Gasteiger partial charge on any atom is -0.504 e. The van der Waals surface area contributed by atoms with E-state index in [0.29, 0.717) is 28.6 Å². The summed E-state index contributed by atoms with van der Waals surface area (Å²) in [5, 5.41) is 10.8. The van der Waals surface area contributed by atoms with Crippen molar-refractivity contribution >= 4 is 32.7 Å². The Kier molecular flexibility index (Phi) is 4.01. The van der Waals surface area contributed by atoms with Crippen molar-refractivity contribution < 1.29 is 18.1 Å². The Balaban J connectivity index is 2.10. The van der Waals surface area contributed by atoms with Crippen LogP contribution in [0.15, 0.2) is 50.5 Å². The van der Waals surface area contributed by atoms with Crippen molar-refractivity contribution in [1.82, 2.24) is 0 Å². The predicted octanol–water partition coefficient (Wildman–Crippen LogP) is 2.55. The maximum Gasteiger partial charge on any atom is 0.295 e. The van der Waals surface area contributed by atoms with E-state index in [1.807, 2.05) is 25.7 Å². The van der Waals surface area contributed by atoms with Gasteiger partial charge in [-0.1, -0.05) is 38.1 Å². The van der Waals surface area contributed by atoms with E-state index < -0.39 is 32.1 Å². The molecule has 0 aromatic heterocycles. The Bertz CT molecular complexity index is 1390. The van der Waals surface area contributed by atoms with Gasteiger partial charge in [-0.05, 0) is 24.6 Å². The molecule has 0 aliphatic carbocycles. The van der Waals surface area contributed by atoms with Crippen LogP contribution < -0.4 is 15.8 Å². The standard InChI is InChI=1S/C21H19NO6S/c1-4-22-16(9-13-18(23)20(25)19(13)24)21(2,3)14-10-15(29(26,27)28)11-7-5-6-8-12(11)17(14)22/h5-10,23H,4H2,1-3H3,(H,26,27,28). The summed E-state index contributed by atoms with van der Waals surface area (Å²) in [7, 11) is -4.47. The van der Waals surface area contributed by atoms with Crippen LogP contribution in [0.1, 0.15) is 31.9 Å². The quantitative estimate of drug-likeness (QED) is 0.501. The molecule has 7 nitrogen and oxygen atoms in total. The van der Waals surface area contributed by atoms with Gasteiger partial charge in [0.25, 0.3) is 15.5 Å². The van der Waals surface area contributed by atoms with Crippen LogP contribution in [0.4, 0.5) is 5.69 Å². The van der Waals surface area contributed by atoms with E-state index in [0.717, 1.165) is 5.69 Å². The van der Waals surface area contributed by atoms with Gasteiger partial charge in [-0.15, -0.1) is 0 Å². The second-order valence-corrected chi connectivity index (χ2v) is 9.00. The lowest BCUT2D eigenvalue weighted by molar-refractivity contribution is 0.461. The summed E-state index contributed by atoms with van der Waals surface area (Å²) in [6.07, 6.45) is 1.49. The lowest BCUT2D eigenvalue weighted by Gasteiger charge is -2.26. The van der Waals surface area contributed by atoms with Gasteiger partial charge in [0.15, 0.2) is 5.75 Å². The average molecular weight is 413 g/mol. The number of likely N-dealkylation sites (N-methyl/N-ethyl adjacent to an activating group) is 1. The molecule has 8 heteroatoms. The van der Waals surface area contributed by atoms with Gasteiger partial charge >= 0.3 is 0 Å². The van der Waals surface area contributed by atoms with Crippen LogP contribution in [0.3, 0.4) is 0 Å². The Morgan fingerprint density at radius 2 is 1.72 bits per heavy atom. The van der Waals surface area contributed by atoms with Gasteiger partial charge in [-0.2, -0.15) is 8.42 Å². The van der Waals surface area contributed by atoms with Gasteiger partial charge in [-0.3, -0.25) is 14.1 Å². The SMILES string of the molecule is CCN1C(=Cc2c(O)c(=O)c2=O)C(C)(C)c2cc(S(=O)(=O)O)c3ccccc3c21. The average Bonchev–Trinajstić information content (AvgIpc) is 2.90. The smallest absolute Gasteiger partial charge is 0.295 e. The van der Waals surface area contributed by atoms with Crippen molar-refractivity contribution in [3.05, 3.63) is 67.6 Å². The predicted molar refractivity (Wildman–Crippen MR) is 111 cm³/mol. The van der Waals surface area contributed by atoms with Crippen LogP contribution in [0.5, 0.6) is 5.75 Å². The lowest BCUT2D eigenvalue weighted by atomic mass is 9.82. The van der Waals surface area contributed by atoms with Crippen LogP contribution >= 0.6 is 0 Å². The molecule has 1 aliphatic heterocycles. The van der Waals surface area contributed by atoms with E-state index in [1.165, 1.54) is 12.1 Å². The van der Waals surface area contributed by atoms with E-state index in [1.54, 1.807) is 24.3 Å². The summed E-state index contributed by atoms with van der Waals surface area (Å²) >= 11 is 0. The van der Waals surface area contributed by atoms with Crippen LogP contribution in [0.25, 0.3) is 16.8 Å². The number of aromatic hydroxyl groups is 1. The summed E-state index contributed by atoms with van der Waals surface area (Å²) in [5.41, 5.74) is -0.381. The van der Waals surface area contributed by atoms with E-state index in [-0.39, 0.29) is 10.5 Å². The van der Waals surface area contributed by atoms with Crippen molar-refractivity contribution in [2.45, 2.75) is 31.1 Å². The maximum atomic E-state index is 12.1. The molecule has 0 amide bonds. The third-order valence-corrected chi connectivity index (χ3v) is 6.54. The van der Waals surface area contributed by atoms with Crippen molar-refractivity contribution in [1.29, 1.82) is 0 Å². The largest absolute Gasteiger partial charge is 0.504 e. The molecule has 3 aromatic carbocycles. The van der Waals surface area contributed by atoms with E-state index in [4.69, 9.17) is 0 Å². The fraction of sp³-hybridized carbons (Fsp3) is 0.238. The fourth-order valence-electron chi connectivity index (χ4n) is 4.16. The summed E-state index contributed by atoms with van der Waals surface area (Å²) in [6.45, 7) is 6.14. The highest BCUT2D eigenvalue weighted by Gasteiger charge is 2.42. The first kappa shape index (κ1) is 19.4. The van der Waals surface area contributed by atoms with E-state index in [9.17, 15) is 27.7 Å². The molecule has 0 atom stereocenters. The first-order valence-corrected chi connectivity index (χ1v) is 10.5. The van der Waals surface area contributed by atoms with Gasteiger partial charge in [0.1, 0.15) is 4.90 Å². The van der Waals surface area contributed by atoms with E-state index in [2.05, 4.69) is 0 Å². The van der Waals surface area contributed by atoms with Gasteiger partial charge < -0.3 is 10.0 Å². The monoisotopic (exact) mass is 413 g/mol. The molecule has 0 saturated carbocycles. The summed E-state index contributed by atoms with van der Waals surface area (Å²) in [4.78, 5) is 25.1. The molecule has 150 valence electrons. The third-order valence-electron chi connectivity index (χ3n) is 5.65. The highest BCUT2D eigenvalue weighted by Crippen LogP contribution is 2.52. The first-order chi connectivity index (χ1) is 13.5. The lowest BCUT2D eigenvalue weighted by Crippen LogP contribution is -2.34. The second kappa shape index (κ2) is 6.01. The molecule has 0 unspecified atom stereocenters. The Hall–Kier alpha value is -2.97. The molecule has 4 rings (SSSR count). The second-order valence-electron chi connectivity index (χ2n) is 7.61. The van der Waals surface area contributed by atoms with Gasteiger partial charge in [-0.25, -0.2) is 0 Å². The zero-order valence-corrected chi connectivity index (χ0v) is 16.9. The van der Waals surface area contributed by atoms with Gasteiger partial charge in [0.2, 0.25) is 5.43 Å². The van der Waals surface area contributed by atoms with Gasteiger partial charge in [0.05, 0.1) is 11.3 Å². The molecule has 29 heavy (non-hydrogen) atoms. The molecule has 3 aromatic rings. The zero-order chi connectivity index (χ0) is 21.3. The number of anilines is 1. The highest BCUT2D eigenvalue weighted by molar-refractivity contribution is 7.86. The molecule has 1 heterocycles. The van der Waals surface area contributed by atoms with Crippen LogP contribution in [-0.4, -0.2) is 24.6 Å². The van der Waals surface area contributed by atoms with Crippen LogP contribution in [-0.2, 0) is 15.5 Å². The number of fused-ring (bicyclic) bond motifs is 3. The van der Waals surface area contributed by atoms with Crippen LogP contribution in [0.2, 0.25) is 0 Å².